The molecule has 0 aromatic carbocycles. The summed E-state index contributed by atoms with van der Waals surface area (Å²) in [5.74, 6) is -0.535. The highest BCUT2D eigenvalue weighted by Crippen LogP contribution is 1.41. The van der Waals surface area contributed by atoms with Gasteiger partial charge in [-0.2, -0.15) is 5.43 Å². The van der Waals surface area contributed by atoms with Crippen molar-refractivity contribution < 1.29 is 10.4 Å². The summed E-state index contributed by atoms with van der Waals surface area (Å²) in [6, 6.07) is 0. The van der Waals surface area contributed by atoms with E-state index in [0.717, 1.165) is 0 Å². The van der Waals surface area contributed by atoms with Crippen LogP contribution in [0.3, 0.4) is 0 Å². The Hall–Kier alpha value is -0.650. The Morgan fingerprint density at radius 2 is 2.57 bits per heavy atom. The summed E-state index contributed by atoms with van der Waals surface area (Å²) in [4.78, 5) is 9.76. The molecule has 0 rings (SSSR count). The average Bonchev–Trinajstić information content (AvgIpc) is 1.61. The standard InChI is InChI=1S/C2H7N3O2/c3-2(6)1-4-5-7/h4H,1,5H2,(H2,3,6). The molecule has 0 fully saturated rings. The summed E-state index contributed by atoms with van der Waals surface area (Å²) < 4.78 is 0. The minimum absolute atomic E-state index is 0.0799. The molecule has 42 valence electrons. The molecule has 0 saturated carbocycles. The summed E-state index contributed by atoms with van der Waals surface area (Å²) in [7, 11) is 0. The van der Waals surface area contributed by atoms with Gasteiger partial charge in [-0.1, -0.05) is 0 Å². The molecule has 0 radical (unpaired) electrons. The molecule has 0 heterocycles. The van der Waals surface area contributed by atoms with E-state index in [4.69, 9.17) is 0 Å². The summed E-state index contributed by atoms with van der Waals surface area (Å²) in [5.41, 5.74) is 7.13. The van der Waals surface area contributed by atoms with Crippen LogP contribution in [0.25, 0.3) is 0 Å². The molecule has 0 aliphatic rings. The first-order valence-corrected chi connectivity index (χ1v) is 1.72. The van der Waals surface area contributed by atoms with Gasteiger partial charge in [0.2, 0.25) is 5.91 Å². The van der Waals surface area contributed by atoms with Crippen LogP contribution < -0.4 is 16.7 Å². The second kappa shape index (κ2) is 3.54. The van der Waals surface area contributed by atoms with E-state index in [1.807, 2.05) is 0 Å². The fourth-order valence-electron chi connectivity index (χ4n) is 0.142. The van der Waals surface area contributed by atoms with Crippen LogP contribution in [0.4, 0.5) is 0 Å². The molecular formula is C2H7N3O2. The second-order valence-electron chi connectivity index (χ2n) is 0.965. The zero-order chi connectivity index (χ0) is 5.70. The average molecular weight is 105 g/mol. The summed E-state index contributed by atoms with van der Waals surface area (Å²) >= 11 is 0. The lowest BCUT2D eigenvalue weighted by atomic mass is 10.7. The molecule has 0 atom stereocenters. The third-order valence-corrected chi connectivity index (χ3v) is 0.360. The lowest BCUT2D eigenvalue weighted by Crippen LogP contribution is -2.88. The summed E-state index contributed by atoms with van der Waals surface area (Å²) in [5, 5.41) is 9.39. The van der Waals surface area contributed by atoms with E-state index in [1.54, 1.807) is 0 Å². The summed E-state index contributed by atoms with van der Waals surface area (Å²) in [6.07, 6.45) is 0. The molecule has 0 aliphatic carbocycles. The molecule has 0 bridgehead atoms. The number of rotatable bonds is 3. The van der Waals surface area contributed by atoms with Gasteiger partial charge in [0, 0.05) is 0 Å². The molecule has 0 spiro atoms. The van der Waals surface area contributed by atoms with Crippen molar-refractivity contribution in [3.8, 4) is 0 Å². The number of nitrogens with one attached hydrogen (secondary N) is 1. The van der Waals surface area contributed by atoms with Gasteiger partial charge in [-0.3, -0.25) is 4.79 Å². The number of quaternary nitrogens is 1. The fourth-order valence-corrected chi connectivity index (χ4v) is 0.142. The Morgan fingerprint density at radius 1 is 2.00 bits per heavy atom. The zero-order valence-electron chi connectivity index (χ0n) is 3.68. The molecule has 5 heteroatoms. The second-order valence-corrected chi connectivity index (χ2v) is 0.965. The van der Waals surface area contributed by atoms with E-state index in [2.05, 4.69) is 11.2 Å². The topological polar surface area (TPSA) is 94.8 Å². The first-order chi connectivity index (χ1) is 3.27. The van der Waals surface area contributed by atoms with Crippen molar-refractivity contribution >= 4 is 5.91 Å². The Kier molecular flexibility index (Phi) is 3.21. The molecule has 0 unspecified atom stereocenters. The first-order valence-electron chi connectivity index (χ1n) is 1.72. The maximum atomic E-state index is 9.76. The fraction of sp³-hybridized carbons (Fsp3) is 0.500. The zero-order valence-corrected chi connectivity index (χ0v) is 3.68. The number of carbonyl (C=O) groups is 1. The van der Waals surface area contributed by atoms with Gasteiger partial charge >= 0.3 is 0 Å². The predicted molar refractivity (Wildman–Crippen MR) is 22.5 cm³/mol. The third-order valence-electron chi connectivity index (χ3n) is 0.360. The van der Waals surface area contributed by atoms with Gasteiger partial charge in [0.05, 0.1) is 0 Å². The minimum atomic E-state index is -0.535. The maximum absolute atomic E-state index is 9.76. The molecule has 0 aromatic rings. The Morgan fingerprint density at radius 3 is 2.71 bits per heavy atom. The van der Waals surface area contributed by atoms with Crippen molar-refractivity contribution in [1.29, 1.82) is 0 Å². The molecule has 0 saturated heterocycles. The number of primary amides is 1. The smallest absolute Gasteiger partial charge is 0.236 e. The van der Waals surface area contributed by atoms with Gasteiger partial charge in [-0.05, 0) is 0 Å². The first kappa shape index (κ1) is 6.35. The largest absolute Gasteiger partial charge is 0.615 e. The highest BCUT2D eigenvalue weighted by Gasteiger charge is 1.87. The SMILES string of the molecule is NC(=O)CN[NH2+][O-]. The normalized spacial score (nSPS) is 8.71. The quantitative estimate of drug-likeness (QED) is 0.264. The number of hydrogen-bond acceptors (Lipinski definition) is 3. The molecule has 1 amide bonds. The van der Waals surface area contributed by atoms with Crippen LogP contribution in [-0.4, -0.2) is 12.5 Å². The lowest BCUT2D eigenvalue weighted by Gasteiger charge is -1.98. The van der Waals surface area contributed by atoms with Crippen molar-refractivity contribution in [3.05, 3.63) is 5.21 Å². The Labute approximate surface area is 40.4 Å². The highest BCUT2D eigenvalue weighted by atomic mass is 16.5. The maximum Gasteiger partial charge on any atom is 0.236 e. The molecule has 5 N–H and O–H groups in total. The van der Waals surface area contributed by atoms with Crippen LogP contribution >= 0.6 is 0 Å². The van der Waals surface area contributed by atoms with Gasteiger partial charge in [0.25, 0.3) is 0 Å². The van der Waals surface area contributed by atoms with E-state index in [1.165, 1.54) is 0 Å². The van der Waals surface area contributed by atoms with E-state index < -0.39 is 5.91 Å². The lowest BCUT2D eigenvalue weighted by molar-refractivity contribution is -0.648. The van der Waals surface area contributed by atoms with E-state index >= 15 is 0 Å². The van der Waals surface area contributed by atoms with E-state index in [9.17, 15) is 10.0 Å². The van der Waals surface area contributed by atoms with Crippen LogP contribution in [0, 0.1) is 5.21 Å². The molecule has 0 aliphatic heterocycles. The van der Waals surface area contributed by atoms with Gasteiger partial charge in [-0.15, -0.1) is 0 Å². The number of carbonyl (C=O) groups excluding carboxylic acids is 1. The third kappa shape index (κ3) is 5.35. The van der Waals surface area contributed by atoms with Gasteiger partial charge in [-0.25, -0.2) is 0 Å². The number of nitrogens with two attached hydrogens (primary N) is 2. The molecule has 7 heavy (non-hydrogen) atoms. The molecule has 5 nitrogen and oxygen atoms in total. The Bertz CT molecular complexity index is 64.0. The van der Waals surface area contributed by atoms with Gasteiger partial charge in [0.15, 0.2) is 0 Å². The summed E-state index contributed by atoms with van der Waals surface area (Å²) in [6.45, 7) is -0.0799. The van der Waals surface area contributed by atoms with Crippen molar-refractivity contribution in [2.45, 2.75) is 0 Å². The van der Waals surface area contributed by atoms with Gasteiger partial charge < -0.3 is 16.5 Å². The molecule has 0 aromatic heterocycles. The van der Waals surface area contributed by atoms with Crippen LogP contribution in [0.1, 0.15) is 0 Å². The molecular weight excluding hydrogens is 98.0 g/mol. The van der Waals surface area contributed by atoms with Crippen molar-refractivity contribution in [3.63, 3.8) is 0 Å². The van der Waals surface area contributed by atoms with Crippen LogP contribution in [-0.2, 0) is 4.79 Å². The van der Waals surface area contributed by atoms with Crippen LogP contribution in [0.2, 0.25) is 0 Å². The number of hydrogen-bond donors (Lipinski definition) is 3. The van der Waals surface area contributed by atoms with Crippen LogP contribution in [0.5, 0.6) is 0 Å². The Balaban J connectivity index is 2.82. The van der Waals surface area contributed by atoms with Crippen molar-refractivity contribution in [1.82, 2.24) is 5.43 Å². The van der Waals surface area contributed by atoms with Crippen molar-refractivity contribution in [2.24, 2.45) is 5.73 Å². The van der Waals surface area contributed by atoms with Gasteiger partial charge in [0.1, 0.15) is 6.54 Å². The highest BCUT2D eigenvalue weighted by molar-refractivity contribution is 5.75. The van der Waals surface area contributed by atoms with E-state index in [-0.39, 0.29) is 6.54 Å². The minimum Gasteiger partial charge on any atom is -0.615 e. The van der Waals surface area contributed by atoms with Crippen LogP contribution in [0.15, 0.2) is 0 Å². The monoisotopic (exact) mass is 105 g/mol. The van der Waals surface area contributed by atoms with Crippen molar-refractivity contribution in [2.75, 3.05) is 6.54 Å². The van der Waals surface area contributed by atoms with E-state index in [0.29, 0.717) is 5.59 Å². The number of amides is 1. The predicted octanol–water partition coefficient (Wildman–Crippen LogP) is -2.96.